The minimum Gasteiger partial charge on any atom is -0.348 e. The summed E-state index contributed by atoms with van der Waals surface area (Å²) in [6.45, 7) is 2.12. The van der Waals surface area contributed by atoms with E-state index in [0.29, 0.717) is 11.4 Å². The van der Waals surface area contributed by atoms with E-state index >= 15 is 0 Å². The second kappa shape index (κ2) is 7.40. The number of rotatable bonds is 5. The molecule has 142 valence electrons. The number of nitrogens with two attached hydrogens (primary N) is 1. The number of carbonyl (C=O) groups excluding carboxylic acids is 1. The zero-order valence-electron chi connectivity index (χ0n) is 14.6. The van der Waals surface area contributed by atoms with Crippen molar-refractivity contribution in [1.29, 1.82) is 0 Å². The molecule has 1 atom stereocenters. The van der Waals surface area contributed by atoms with Crippen molar-refractivity contribution < 1.29 is 18.0 Å². The molecule has 0 aliphatic heterocycles. The number of carbonyl (C=O) groups is 1. The predicted molar refractivity (Wildman–Crippen MR) is 95.8 cm³/mol. The fourth-order valence-electron chi connectivity index (χ4n) is 2.78. The van der Waals surface area contributed by atoms with Crippen LogP contribution in [0.2, 0.25) is 0 Å². The zero-order valence-corrected chi connectivity index (χ0v) is 14.6. The molecule has 3 aromatic rings. The number of nitrogens with one attached hydrogen (secondary N) is 2. The zero-order chi connectivity index (χ0) is 19.6. The van der Waals surface area contributed by atoms with Gasteiger partial charge in [0.15, 0.2) is 0 Å². The average molecular weight is 376 g/mol. The third kappa shape index (κ3) is 4.65. The van der Waals surface area contributed by atoms with Gasteiger partial charge in [0.1, 0.15) is 5.82 Å². The van der Waals surface area contributed by atoms with E-state index in [-0.39, 0.29) is 13.0 Å². The van der Waals surface area contributed by atoms with Crippen molar-refractivity contribution >= 4 is 16.9 Å². The highest BCUT2D eigenvalue weighted by molar-refractivity contribution is 5.82. The lowest BCUT2D eigenvalue weighted by Gasteiger charge is -2.13. The molecule has 8 heteroatoms. The Labute approximate surface area is 153 Å². The Morgan fingerprint density at radius 1 is 1.26 bits per heavy atom. The van der Waals surface area contributed by atoms with E-state index in [1.165, 1.54) is 12.1 Å². The first-order valence-corrected chi connectivity index (χ1v) is 8.37. The van der Waals surface area contributed by atoms with Crippen molar-refractivity contribution in [3.05, 3.63) is 65.0 Å². The Morgan fingerprint density at radius 2 is 2.04 bits per heavy atom. The van der Waals surface area contributed by atoms with Gasteiger partial charge in [0.05, 0.1) is 29.2 Å². The maximum absolute atomic E-state index is 12.8. The average Bonchev–Trinajstić information content (AvgIpc) is 3.01. The molecule has 1 aromatic heterocycles. The van der Waals surface area contributed by atoms with Crippen LogP contribution < -0.4 is 11.1 Å². The highest BCUT2D eigenvalue weighted by atomic mass is 19.4. The van der Waals surface area contributed by atoms with Crippen molar-refractivity contribution in [3.8, 4) is 0 Å². The molecule has 2 aromatic carbocycles. The molecule has 0 radical (unpaired) electrons. The summed E-state index contributed by atoms with van der Waals surface area (Å²) in [4.78, 5) is 19.7. The molecule has 4 N–H and O–H groups in total. The highest BCUT2D eigenvalue weighted by Crippen LogP contribution is 2.29. The summed E-state index contributed by atoms with van der Waals surface area (Å²) in [5.74, 6) is 0.124. The van der Waals surface area contributed by atoms with Gasteiger partial charge in [0.25, 0.3) is 0 Å². The molecule has 0 fully saturated rings. The van der Waals surface area contributed by atoms with E-state index < -0.39 is 23.7 Å². The molecule has 27 heavy (non-hydrogen) atoms. The SMILES string of the molecule is Cc1ccc2nc(CNC(=O)[C@H](N)Cc3cccc(C(F)(F)F)c3)[nH]c2c1. The smallest absolute Gasteiger partial charge is 0.348 e. The minimum absolute atomic E-state index is 0.00901. The molecule has 0 bridgehead atoms. The van der Waals surface area contributed by atoms with Crippen LogP contribution in [0.25, 0.3) is 11.0 Å². The summed E-state index contributed by atoms with van der Waals surface area (Å²) in [5.41, 5.74) is 8.18. The third-order valence-corrected chi connectivity index (χ3v) is 4.16. The van der Waals surface area contributed by atoms with E-state index in [1.54, 1.807) is 0 Å². The lowest BCUT2D eigenvalue weighted by atomic mass is 10.0. The summed E-state index contributed by atoms with van der Waals surface area (Å²) in [7, 11) is 0. The summed E-state index contributed by atoms with van der Waals surface area (Å²) in [6, 6.07) is 9.63. The van der Waals surface area contributed by atoms with Gasteiger partial charge < -0.3 is 16.0 Å². The Balaban J connectivity index is 1.60. The standard InChI is InChI=1S/C19H19F3N4O/c1-11-5-6-15-16(7-11)26-17(25-15)10-24-18(27)14(23)9-12-3-2-4-13(8-12)19(20,21)22/h2-8,14H,9-10,23H2,1H3,(H,24,27)(H,25,26)/t14-/m1/s1. The first-order valence-electron chi connectivity index (χ1n) is 8.37. The van der Waals surface area contributed by atoms with E-state index in [4.69, 9.17) is 5.73 Å². The number of hydrogen-bond donors (Lipinski definition) is 3. The summed E-state index contributed by atoms with van der Waals surface area (Å²) < 4.78 is 38.3. The van der Waals surface area contributed by atoms with Crippen LogP contribution in [0.15, 0.2) is 42.5 Å². The number of aromatic nitrogens is 2. The molecule has 1 heterocycles. The summed E-state index contributed by atoms with van der Waals surface area (Å²) in [6.07, 6.45) is -4.42. The van der Waals surface area contributed by atoms with Crippen molar-refractivity contribution in [2.24, 2.45) is 5.73 Å². The van der Waals surface area contributed by atoms with E-state index in [9.17, 15) is 18.0 Å². The molecule has 5 nitrogen and oxygen atoms in total. The maximum Gasteiger partial charge on any atom is 0.416 e. The largest absolute Gasteiger partial charge is 0.416 e. The molecule has 0 aliphatic rings. The van der Waals surface area contributed by atoms with Gasteiger partial charge in [-0.3, -0.25) is 4.79 Å². The first kappa shape index (κ1) is 18.9. The number of hydrogen-bond acceptors (Lipinski definition) is 3. The fourth-order valence-corrected chi connectivity index (χ4v) is 2.78. The number of benzene rings is 2. The second-order valence-corrected chi connectivity index (χ2v) is 6.43. The van der Waals surface area contributed by atoms with Crippen LogP contribution in [0, 0.1) is 6.92 Å². The molecule has 0 unspecified atom stereocenters. The van der Waals surface area contributed by atoms with Gasteiger partial charge >= 0.3 is 6.18 Å². The minimum atomic E-state index is -4.43. The van der Waals surface area contributed by atoms with Gasteiger partial charge in [-0.2, -0.15) is 13.2 Å². The number of H-pyrrole nitrogens is 1. The van der Waals surface area contributed by atoms with Gasteiger partial charge in [-0.25, -0.2) is 4.98 Å². The number of aromatic amines is 1. The van der Waals surface area contributed by atoms with E-state index in [2.05, 4.69) is 15.3 Å². The van der Waals surface area contributed by atoms with Crippen molar-refractivity contribution in [2.45, 2.75) is 32.1 Å². The molecular weight excluding hydrogens is 357 g/mol. The van der Waals surface area contributed by atoms with Crippen LogP contribution in [-0.4, -0.2) is 21.9 Å². The van der Waals surface area contributed by atoms with Gasteiger partial charge in [-0.05, 0) is 42.7 Å². The molecule has 0 spiro atoms. The van der Waals surface area contributed by atoms with E-state index in [0.717, 1.165) is 28.7 Å². The first-order chi connectivity index (χ1) is 12.7. The Kier molecular flexibility index (Phi) is 5.18. The number of fused-ring (bicyclic) bond motifs is 1. The maximum atomic E-state index is 12.8. The number of aryl methyl sites for hydroxylation is 1. The van der Waals surface area contributed by atoms with Crippen LogP contribution in [0.4, 0.5) is 13.2 Å². The normalized spacial score (nSPS) is 12.9. The Bertz CT molecular complexity index is 965. The lowest BCUT2D eigenvalue weighted by Crippen LogP contribution is -2.41. The monoisotopic (exact) mass is 376 g/mol. The van der Waals surface area contributed by atoms with Crippen LogP contribution in [0.1, 0.15) is 22.5 Å². The topological polar surface area (TPSA) is 83.8 Å². The molecule has 0 aliphatic carbocycles. The van der Waals surface area contributed by atoms with Gasteiger partial charge in [0.2, 0.25) is 5.91 Å². The number of nitrogens with zero attached hydrogens (tertiary/aromatic N) is 1. The van der Waals surface area contributed by atoms with Crippen molar-refractivity contribution in [1.82, 2.24) is 15.3 Å². The number of halogens is 3. The quantitative estimate of drug-likeness (QED) is 0.640. The molecule has 1 amide bonds. The predicted octanol–water partition coefficient (Wildman–Crippen LogP) is 3.08. The highest BCUT2D eigenvalue weighted by Gasteiger charge is 2.30. The van der Waals surface area contributed by atoms with E-state index in [1.807, 2.05) is 25.1 Å². The van der Waals surface area contributed by atoms with Crippen molar-refractivity contribution in [2.75, 3.05) is 0 Å². The molecular formula is C19H19F3N4O. The second-order valence-electron chi connectivity index (χ2n) is 6.43. The summed E-state index contributed by atoms with van der Waals surface area (Å²) >= 11 is 0. The van der Waals surface area contributed by atoms with Gasteiger partial charge in [-0.15, -0.1) is 0 Å². The van der Waals surface area contributed by atoms with Crippen LogP contribution >= 0.6 is 0 Å². The van der Waals surface area contributed by atoms with Crippen LogP contribution in [0.5, 0.6) is 0 Å². The number of amides is 1. The summed E-state index contributed by atoms with van der Waals surface area (Å²) in [5, 5.41) is 2.66. The molecule has 3 rings (SSSR count). The molecule has 0 saturated heterocycles. The van der Waals surface area contributed by atoms with Gasteiger partial charge in [-0.1, -0.05) is 24.3 Å². The number of imidazole rings is 1. The fraction of sp³-hybridized carbons (Fsp3) is 0.263. The Hall–Kier alpha value is -2.87. The molecule has 0 saturated carbocycles. The van der Waals surface area contributed by atoms with Crippen LogP contribution in [0.3, 0.4) is 0 Å². The van der Waals surface area contributed by atoms with Crippen molar-refractivity contribution in [3.63, 3.8) is 0 Å². The lowest BCUT2D eigenvalue weighted by molar-refractivity contribution is -0.137. The third-order valence-electron chi connectivity index (χ3n) is 4.16. The van der Waals surface area contributed by atoms with Gasteiger partial charge in [0, 0.05) is 0 Å². The number of alkyl halides is 3. The van der Waals surface area contributed by atoms with Crippen LogP contribution in [-0.2, 0) is 23.9 Å². The Morgan fingerprint density at radius 3 is 2.78 bits per heavy atom.